The number of rotatable bonds is 9. The third-order valence-electron chi connectivity index (χ3n) is 2.97. The van der Waals surface area contributed by atoms with E-state index in [4.69, 9.17) is 5.11 Å². The number of hydrogen-bond acceptors (Lipinski definition) is 1. The van der Waals surface area contributed by atoms with Crippen molar-refractivity contribution in [3.63, 3.8) is 0 Å². The Morgan fingerprint density at radius 1 is 0.500 bits per heavy atom. The molecule has 0 aromatic heterocycles. The van der Waals surface area contributed by atoms with Crippen LogP contribution in [0.1, 0.15) is 0 Å². The van der Waals surface area contributed by atoms with Crippen LogP contribution in [-0.4, -0.2) is 66.3 Å². The van der Waals surface area contributed by atoms with E-state index in [0.29, 0.717) is 0 Å². The second-order valence-corrected chi connectivity index (χ2v) is 4.83. The predicted molar refractivity (Wildman–Crippen MR) is 52.5 cm³/mol. The Morgan fingerprint density at radius 2 is 0.846 bits per heavy atom. The third-order valence-corrected chi connectivity index (χ3v) is 2.97. The van der Waals surface area contributed by atoms with Crippen LogP contribution in [-0.2, 0) is 0 Å². The Balaban J connectivity index is 5.72. The molecule has 16 heteroatoms. The van der Waals surface area contributed by atoms with E-state index in [1.54, 1.807) is 0 Å². The van der Waals surface area contributed by atoms with Crippen molar-refractivity contribution in [2.24, 2.45) is 0 Å². The molecule has 158 valence electrons. The zero-order valence-corrected chi connectivity index (χ0v) is 11.6. The van der Waals surface area contributed by atoms with E-state index in [1.807, 2.05) is 0 Å². The third kappa shape index (κ3) is 4.08. The molecule has 0 aromatic carbocycles. The van der Waals surface area contributed by atoms with Gasteiger partial charge in [-0.05, 0) is 0 Å². The van der Waals surface area contributed by atoms with E-state index < -0.39 is 61.2 Å². The minimum atomic E-state index is -7.58. The van der Waals surface area contributed by atoms with E-state index in [2.05, 4.69) is 0 Å². The molecule has 0 radical (unpaired) electrons. The van der Waals surface area contributed by atoms with Gasteiger partial charge in [-0.3, -0.25) is 0 Å². The molecule has 0 heterocycles. The van der Waals surface area contributed by atoms with Crippen molar-refractivity contribution < 1.29 is 71.0 Å². The average Bonchev–Trinajstić information content (AvgIpc) is 2.49. The maximum absolute atomic E-state index is 13.1. The summed E-state index contributed by atoms with van der Waals surface area (Å²) >= 11 is 0. The first-order chi connectivity index (χ1) is 11.2. The van der Waals surface area contributed by atoms with Crippen molar-refractivity contribution in [2.75, 3.05) is 0 Å². The largest absolute Gasteiger partial charge is 0.423 e. The lowest BCUT2D eigenvalue weighted by molar-refractivity contribution is -0.424. The fourth-order valence-electron chi connectivity index (χ4n) is 1.42. The van der Waals surface area contributed by atoms with Gasteiger partial charge in [-0.1, -0.05) is 0 Å². The maximum atomic E-state index is 13.1. The van der Waals surface area contributed by atoms with Crippen molar-refractivity contribution in [1.82, 2.24) is 0 Å². The van der Waals surface area contributed by atoms with Crippen LogP contribution in [0.4, 0.5) is 65.9 Å². The first-order valence-electron chi connectivity index (χ1n) is 5.97. The number of hydrogen-bond donors (Lipinski definition) is 1. The molecular formula is C10H7F15O. The minimum absolute atomic E-state index is 4.24. The van der Waals surface area contributed by atoms with Gasteiger partial charge in [-0.15, -0.1) is 0 Å². The molecule has 0 saturated carbocycles. The Hall–Kier alpha value is -1.09. The Morgan fingerprint density at radius 3 is 1.15 bits per heavy atom. The number of aliphatic hydroxyl groups is 1. The molecular weight excluding hydrogens is 421 g/mol. The van der Waals surface area contributed by atoms with Crippen molar-refractivity contribution in [3.8, 4) is 0 Å². The number of alkyl halides is 15. The molecule has 0 aliphatic heterocycles. The maximum Gasteiger partial charge on any atom is 0.423 e. The fraction of sp³-hybridized carbons (Fsp3) is 1.00. The van der Waals surface area contributed by atoms with Crippen molar-refractivity contribution in [1.29, 1.82) is 0 Å². The molecule has 0 aromatic rings. The molecule has 0 saturated heterocycles. The summed E-state index contributed by atoms with van der Waals surface area (Å²) in [6, 6.07) is 0. The highest BCUT2D eigenvalue weighted by atomic mass is 19.4. The van der Waals surface area contributed by atoms with Gasteiger partial charge in [0.05, 0.1) is 0 Å². The molecule has 0 amide bonds. The fourth-order valence-corrected chi connectivity index (χ4v) is 1.42. The molecule has 5 atom stereocenters. The van der Waals surface area contributed by atoms with Gasteiger partial charge in [-0.25, -0.2) is 30.7 Å². The van der Waals surface area contributed by atoms with E-state index in [-0.39, 0.29) is 0 Å². The van der Waals surface area contributed by atoms with Gasteiger partial charge in [0.1, 0.15) is 0 Å². The van der Waals surface area contributed by atoms with Crippen LogP contribution in [0.25, 0.3) is 0 Å². The minimum Gasteiger partial charge on any atom is -0.331 e. The second-order valence-electron chi connectivity index (χ2n) is 4.83. The first kappa shape index (κ1) is 24.9. The molecule has 0 rings (SSSR count). The Labute approximate surface area is 133 Å². The standard InChI is InChI=1S/C10H7F15O/c11-1(2(12)4(14)6(16)17)3(13)5(15)7(18,19)8(20,21)9(22,23)10(24,25)26/h1-6,26H. The summed E-state index contributed by atoms with van der Waals surface area (Å²) in [4.78, 5) is 0. The van der Waals surface area contributed by atoms with E-state index >= 15 is 0 Å². The predicted octanol–water partition coefficient (Wildman–Crippen LogP) is 4.43. The Kier molecular flexibility index (Phi) is 7.18. The van der Waals surface area contributed by atoms with Crippen LogP contribution in [0.15, 0.2) is 0 Å². The van der Waals surface area contributed by atoms with Gasteiger partial charge < -0.3 is 5.11 Å². The van der Waals surface area contributed by atoms with Gasteiger partial charge in [0, 0.05) is 0 Å². The summed E-state index contributed by atoms with van der Waals surface area (Å²) in [5, 5.41) is 7.52. The van der Waals surface area contributed by atoms with Crippen LogP contribution in [0.5, 0.6) is 0 Å². The monoisotopic (exact) mass is 428 g/mol. The topological polar surface area (TPSA) is 20.2 Å². The van der Waals surface area contributed by atoms with Gasteiger partial charge in [0.15, 0.2) is 24.7 Å². The zero-order valence-electron chi connectivity index (χ0n) is 11.6. The zero-order chi connectivity index (χ0) is 21.5. The lowest BCUT2D eigenvalue weighted by Crippen LogP contribution is -2.66. The summed E-state index contributed by atoms with van der Waals surface area (Å²) < 4.78 is 189. The molecule has 26 heavy (non-hydrogen) atoms. The van der Waals surface area contributed by atoms with Crippen LogP contribution >= 0.6 is 0 Å². The molecule has 1 nitrogen and oxygen atoms in total. The van der Waals surface area contributed by atoms with E-state index in [1.165, 1.54) is 0 Å². The summed E-state index contributed by atoms with van der Waals surface area (Å²) in [6.45, 7) is 0. The second kappa shape index (κ2) is 7.50. The normalized spacial score (nSPS) is 20.7. The van der Waals surface area contributed by atoms with Crippen LogP contribution < -0.4 is 0 Å². The highest BCUT2D eigenvalue weighted by molar-refractivity contribution is 5.06. The quantitative estimate of drug-likeness (QED) is 0.539. The van der Waals surface area contributed by atoms with E-state index in [0.717, 1.165) is 0 Å². The van der Waals surface area contributed by atoms with Gasteiger partial charge in [-0.2, -0.15) is 35.1 Å². The Bertz CT molecular complexity index is 460. The van der Waals surface area contributed by atoms with Crippen LogP contribution in [0, 0.1) is 0 Å². The van der Waals surface area contributed by atoms with Crippen LogP contribution in [0.3, 0.4) is 0 Å². The molecule has 1 N–H and O–H groups in total. The summed E-state index contributed by atoms with van der Waals surface area (Å²) in [5.74, 6) is -22.2. The van der Waals surface area contributed by atoms with Gasteiger partial charge >= 0.3 is 23.9 Å². The summed E-state index contributed by atoms with van der Waals surface area (Å²) in [5.41, 5.74) is 0. The molecule has 0 aliphatic rings. The van der Waals surface area contributed by atoms with Crippen LogP contribution in [0.2, 0.25) is 0 Å². The SMILES string of the molecule is OC(F)(F)C(F)(F)C(F)(F)C(F)(F)C(F)C(F)C(F)C(F)C(F)C(F)F. The van der Waals surface area contributed by atoms with Crippen molar-refractivity contribution in [2.45, 2.75) is 61.2 Å². The summed E-state index contributed by atoms with van der Waals surface area (Å²) in [7, 11) is 0. The molecule has 0 fully saturated rings. The van der Waals surface area contributed by atoms with E-state index in [9.17, 15) is 65.9 Å². The lowest BCUT2D eigenvalue weighted by atomic mass is 9.93. The molecule has 0 spiro atoms. The first-order valence-corrected chi connectivity index (χ1v) is 5.97. The highest BCUT2D eigenvalue weighted by Gasteiger charge is 2.83. The summed E-state index contributed by atoms with van der Waals surface area (Å²) in [6.07, 6.45) is -35.0. The smallest absolute Gasteiger partial charge is 0.331 e. The van der Waals surface area contributed by atoms with Crippen molar-refractivity contribution >= 4 is 0 Å². The van der Waals surface area contributed by atoms with Crippen molar-refractivity contribution in [3.05, 3.63) is 0 Å². The lowest BCUT2D eigenvalue weighted by Gasteiger charge is -2.37. The molecule has 5 unspecified atom stereocenters. The molecule has 0 aliphatic carbocycles. The average molecular weight is 428 g/mol. The highest BCUT2D eigenvalue weighted by Crippen LogP contribution is 2.54. The molecule has 0 bridgehead atoms. The van der Waals surface area contributed by atoms with Gasteiger partial charge in [0.2, 0.25) is 6.17 Å². The number of halogens is 15. The van der Waals surface area contributed by atoms with Gasteiger partial charge in [0.25, 0.3) is 6.43 Å².